The van der Waals surface area contributed by atoms with E-state index in [4.69, 9.17) is 15.6 Å². The van der Waals surface area contributed by atoms with Crippen LogP contribution in [0.15, 0.2) is 22.7 Å². The van der Waals surface area contributed by atoms with Crippen LogP contribution in [0.2, 0.25) is 0 Å². The van der Waals surface area contributed by atoms with Crippen molar-refractivity contribution in [3.63, 3.8) is 0 Å². The molecule has 1 aromatic carbocycles. The molecule has 0 fully saturated rings. The van der Waals surface area contributed by atoms with E-state index in [1.54, 1.807) is 13.2 Å². The van der Waals surface area contributed by atoms with Crippen LogP contribution in [0.25, 0.3) is 0 Å². The molecule has 1 atom stereocenters. The Morgan fingerprint density at radius 1 is 1.67 bits per heavy atom. The monoisotopic (exact) mass is 273 g/mol. The van der Waals surface area contributed by atoms with Crippen molar-refractivity contribution in [1.82, 2.24) is 0 Å². The van der Waals surface area contributed by atoms with E-state index >= 15 is 0 Å². The minimum atomic E-state index is -1.02. The maximum atomic E-state index is 10.6. The van der Waals surface area contributed by atoms with Gasteiger partial charge in [0.15, 0.2) is 0 Å². The summed E-state index contributed by atoms with van der Waals surface area (Å²) < 4.78 is 5.98. The summed E-state index contributed by atoms with van der Waals surface area (Å²) in [5.41, 5.74) is 6.23. The largest absolute Gasteiger partial charge is 0.496 e. The highest BCUT2D eigenvalue weighted by atomic mass is 79.9. The Morgan fingerprint density at radius 3 is 2.87 bits per heavy atom. The average molecular weight is 274 g/mol. The minimum Gasteiger partial charge on any atom is -0.496 e. The first-order valence-electron chi connectivity index (χ1n) is 4.35. The van der Waals surface area contributed by atoms with Crippen molar-refractivity contribution in [2.24, 2.45) is 5.73 Å². The summed E-state index contributed by atoms with van der Waals surface area (Å²) in [4.78, 5) is 10.6. The van der Waals surface area contributed by atoms with E-state index in [0.29, 0.717) is 5.75 Å². The molecule has 1 rings (SSSR count). The lowest BCUT2D eigenvalue weighted by atomic mass is 10.1. The number of ether oxygens (including phenoxy) is 1. The zero-order valence-corrected chi connectivity index (χ0v) is 9.82. The Morgan fingerprint density at radius 2 is 2.33 bits per heavy atom. The summed E-state index contributed by atoms with van der Waals surface area (Å²) in [6.45, 7) is 0. The van der Waals surface area contributed by atoms with Crippen LogP contribution >= 0.6 is 15.9 Å². The highest BCUT2D eigenvalue weighted by Crippen LogP contribution is 2.23. The number of hydrogen-bond donors (Lipinski definition) is 2. The van der Waals surface area contributed by atoms with Crippen molar-refractivity contribution in [1.29, 1.82) is 0 Å². The van der Waals surface area contributed by atoms with Crippen LogP contribution in [0, 0.1) is 0 Å². The summed E-state index contributed by atoms with van der Waals surface area (Å²) >= 11 is 3.31. The number of halogens is 1. The number of carbonyl (C=O) groups is 1. The lowest BCUT2D eigenvalue weighted by molar-refractivity contribution is -0.138. The van der Waals surface area contributed by atoms with Gasteiger partial charge in [0.05, 0.1) is 7.11 Å². The molecular formula is C10H12BrNO3. The molecule has 0 spiro atoms. The summed E-state index contributed by atoms with van der Waals surface area (Å²) in [6, 6.07) is 4.50. The van der Waals surface area contributed by atoms with Crippen molar-refractivity contribution < 1.29 is 14.6 Å². The van der Waals surface area contributed by atoms with Gasteiger partial charge in [0.25, 0.3) is 0 Å². The molecule has 3 N–H and O–H groups in total. The van der Waals surface area contributed by atoms with Gasteiger partial charge < -0.3 is 15.6 Å². The number of aliphatic carboxylic acids is 1. The van der Waals surface area contributed by atoms with Crippen LogP contribution in [-0.4, -0.2) is 24.2 Å². The van der Waals surface area contributed by atoms with E-state index < -0.39 is 12.0 Å². The fraction of sp³-hybridized carbons (Fsp3) is 0.300. The second kappa shape index (κ2) is 5.14. The van der Waals surface area contributed by atoms with Crippen LogP contribution in [0.5, 0.6) is 5.75 Å². The van der Waals surface area contributed by atoms with Crippen molar-refractivity contribution >= 4 is 21.9 Å². The predicted octanol–water partition coefficient (Wildman–Crippen LogP) is 1.41. The van der Waals surface area contributed by atoms with Crippen LogP contribution in [-0.2, 0) is 11.2 Å². The highest BCUT2D eigenvalue weighted by Gasteiger charge is 2.15. The zero-order chi connectivity index (χ0) is 11.4. The van der Waals surface area contributed by atoms with Crippen LogP contribution in [0.3, 0.4) is 0 Å². The number of carboxylic acids is 1. The zero-order valence-electron chi connectivity index (χ0n) is 8.24. The van der Waals surface area contributed by atoms with Crippen LogP contribution in [0.4, 0.5) is 0 Å². The number of rotatable bonds is 4. The van der Waals surface area contributed by atoms with Gasteiger partial charge in [-0.25, -0.2) is 0 Å². The second-order valence-electron chi connectivity index (χ2n) is 3.11. The van der Waals surface area contributed by atoms with Gasteiger partial charge in [-0.15, -0.1) is 0 Å². The lowest BCUT2D eigenvalue weighted by Gasteiger charge is -2.11. The van der Waals surface area contributed by atoms with E-state index in [-0.39, 0.29) is 6.42 Å². The topological polar surface area (TPSA) is 72.5 Å². The molecule has 4 nitrogen and oxygen atoms in total. The second-order valence-corrected chi connectivity index (χ2v) is 4.02. The van der Waals surface area contributed by atoms with Crippen molar-refractivity contribution in [3.8, 4) is 5.75 Å². The molecule has 0 saturated heterocycles. The van der Waals surface area contributed by atoms with E-state index in [1.165, 1.54) is 0 Å². The molecule has 0 heterocycles. The number of benzene rings is 1. The maximum Gasteiger partial charge on any atom is 0.320 e. The Kier molecular flexibility index (Phi) is 4.11. The Balaban J connectivity index is 2.91. The van der Waals surface area contributed by atoms with Gasteiger partial charge in [-0.3, -0.25) is 4.79 Å². The molecule has 1 aromatic rings. The van der Waals surface area contributed by atoms with E-state index in [0.717, 1.165) is 10.0 Å². The smallest absolute Gasteiger partial charge is 0.320 e. The number of carboxylic acid groups (broad SMARTS) is 1. The summed E-state index contributed by atoms with van der Waals surface area (Å²) in [5, 5.41) is 8.70. The first-order valence-corrected chi connectivity index (χ1v) is 5.14. The van der Waals surface area contributed by atoms with E-state index in [1.807, 2.05) is 12.1 Å². The van der Waals surface area contributed by atoms with Gasteiger partial charge in [-0.05, 0) is 23.8 Å². The fourth-order valence-corrected chi connectivity index (χ4v) is 1.64. The number of methoxy groups -OCH3 is 1. The standard InChI is InChI=1S/C10H12BrNO3/c1-15-9-3-2-7(11)4-6(9)5-8(12)10(13)14/h2-4,8H,5,12H2,1H3,(H,13,14)/t8-/m0/s1. The Hall–Kier alpha value is -1.07. The Labute approximate surface area is 96.2 Å². The third-order valence-electron chi connectivity index (χ3n) is 2.00. The molecule has 82 valence electrons. The predicted molar refractivity (Wildman–Crippen MR) is 60.0 cm³/mol. The molecule has 0 aliphatic rings. The third-order valence-corrected chi connectivity index (χ3v) is 2.49. The molecule has 0 unspecified atom stereocenters. The molecule has 0 aliphatic carbocycles. The van der Waals surface area contributed by atoms with Crippen LogP contribution in [0.1, 0.15) is 5.56 Å². The first-order chi connectivity index (χ1) is 7.04. The van der Waals surface area contributed by atoms with Gasteiger partial charge in [-0.2, -0.15) is 0 Å². The van der Waals surface area contributed by atoms with E-state index in [2.05, 4.69) is 15.9 Å². The summed E-state index contributed by atoms with van der Waals surface area (Å²) in [6.07, 6.45) is 0.248. The molecule has 0 aliphatic heterocycles. The molecule has 0 bridgehead atoms. The SMILES string of the molecule is COc1ccc(Br)cc1C[C@H](N)C(=O)O. The molecule has 0 amide bonds. The molecular weight excluding hydrogens is 262 g/mol. The van der Waals surface area contributed by atoms with Gasteiger partial charge in [0.1, 0.15) is 11.8 Å². The summed E-state index contributed by atoms with van der Waals surface area (Å²) in [5.74, 6) is -0.369. The average Bonchev–Trinajstić information content (AvgIpc) is 2.18. The Bertz CT molecular complexity index is 368. The quantitative estimate of drug-likeness (QED) is 0.870. The van der Waals surface area contributed by atoms with Gasteiger partial charge >= 0.3 is 5.97 Å². The minimum absolute atomic E-state index is 0.248. The fourth-order valence-electron chi connectivity index (χ4n) is 1.23. The normalized spacial score (nSPS) is 12.2. The van der Waals surface area contributed by atoms with Crippen molar-refractivity contribution in [2.75, 3.05) is 7.11 Å². The third kappa shape index (κ3) is 3.21. The van der Waals surface area contributed by atoms with Gasteiger partial charge in [0, 0.05) is 10.9 Å². The van der Waals surface area contributed by atoms with Gasteiger partial charge in [-0.1, -0.05) is 15.9 Å². The molecule has 0 radical (unpaired) electrons. The lowest BCUT2D eigenvalue weighted by Crippen LogP contribution is -2.32. The number of nitrogens with two attached hydrogens (primary N) is 1. The van der Waals surface area contributed by atoms with Crippen molar-refractivity contribution in [2.45, 2.75) is 12.5 Å². The van der Waals surface area contributed by atoms with Gasteiger partial charge in [0.2, 0.25) is 0 Å². The number of hydrogen-bond acceptors (Lipinski definition) is 3. The highest BCUT2D eigenvalue weighted by molar-refractivity contribution is 9.10. The first kappa shape index (κ1) is 12.0. The van der Waals surface area contributed by atoms with Crippen LogP contribution < -0.4 is 10.5 Å². The van der Waals surface area contributed by atoms with E-state index in [9.17, 15) is 4.79 Å². The molecule has 15 heavy (non-hydrogen) atoms. The summed E-state index contributed by atoms with van der Waals surface area (Å²) in [7, 11) is 1.54. The molecule has 0 saturated carbocycles. The molecule has 5 heteroatoms. The van der Waals surface area contributed by atoms with Crippen molar-refractivity contribution in [3.05, 3.63) is 28.2 Å². The maximum absolute atomic E-state index is 10.6. The molecule has 0 aromatic heterocycles.